The zero-order valence-corrected chi connectivity index (χ0v) is 15.1. The molecule has 1 heterocycles. The molecule has 3 aromatic rings. The van der Waals surface area contributed by atoms with Crippen LogP contribution in [0.4, 0.5) is 0 Å². The van der Waals surface area contributed by atoms with Gasteiger partial charge in [0.05, 0.1) is 6.54 Å². The number of benzene rings is 2. The van der Waals surface area contributed by atoms with Crippen LogP contribution in [0.25, 0.3) is 0 Å². The van der Waals surface area contributed by atoms with Gasteiger partial charge in [-0.15, -0.1) is 0 Å². The van der Waals surface area contributed by atoms with Gasteiger partial charge in [0.1, 0.15) is 17.4 Å². The number of aromatic nitrogens is 2. The maximum absolute atomic E-state index is 12.5. The van der Waals surface area contributed by atoms with Gasteiger partial charge in [0.15, 0.2) is 0 Å². The van der Waals surface area contributed by atoms with E-state index >= 15 is 0 Å². The molecular formula is C19H18BrN3O2. The van der Waals surface area contributed by atoms with Crippen molar-refractivity contribution in [3.05, 3.63) is 92.4 Å². The summed E-state index contributed by atoms with van der Waals surface area (Å²) in [6.07, 6.45) is 1.50. The fourth-order valence-corrected chi connectivity index (χ4v) is 2.81. The second-order valence-corrected chi connectivity index (χ2v) is 6.38. The molecule has 2 N–H and O–H groups in total. The van der Waals surface area contributed by atoms with Gasteiger partial charge in [0, 0.05) is 6.54 Å². The quantitative estimate of drug-likeness (QED) is 0.691. The third-order valence-electron chi connectivity index (χ3n) is 3.78. The molecule has 0 spiro atoms. The highest BCUT2D eigenvalue weighted by molar-refractivity contribution is 9.10. The van der Waals surface area contributed by atoms with E-state index in [0.717, 1.165) is 16.7 Å². The van der Waals surface area contributed by atoms with Crippen LogP contribution in [-0.4, -0.2) is 9.55 Å². The van der Waals surface area contributed by atoms with Crippen LogP contribution in [0, 0.1) is 0 Å². The summed E-state index contributed by atoms with van der Waals surface area (Å²) in [5.74, 6) is 0.295. The number of ether oxygens (including phenoxy) is 1. The second kappa shape index (κ2) is 8.09. The van der Waals surface area contributed by atoms with Gasteiger partial charge in [-0.3, -0.25) is 9.36 Å². The highest BCUT2D eigenvalue weighted by Crippen LogP contribution is 2.18. The van der Waals surface area contributed by atoms with E-state index in [4.69, 9.17) is 10.5 Å². The number of hydrogen-bond acceptors (Lipinski definition) is 4. The Labute approximate surface area is 154 Å². The standard InChI is InChI=1S/C19H18BrN3O2/c20-17-18(25-12-16-4-2-1-3-5-16)22-13-23(19(17)24)11-15-8-6-14(10-21)7-9-15/h1-9,13H,10-12,21H2. The average molecular weight is 400 g/mol. The van der Waals surface area contributed by atoms with E-state index in [0.29, 0.717) is 30.0 Å². The molecule has 2 aromatic carbocycles. The number of halogens is 1. The van der Waals surface area contributed by atoms with Crippen molar-refractivity contribution in [1.29, 1.82) is 0 Å². The predicted octanol–water partition coefficient (Wildman–Crippen LogP) is 3.09. The van der Waals surface area contributed by atoms with Crippen molar-refractivity contribution in [3.8, 4) is 5.88 Å². The first-order chi connectivity index (χ1) is 12.2. The molecule has 0 saturated heterocycles. The summed E-state index contributed by atoms with van der Waals surface area (Å²) in [7, 11) is 0. The Bertz CT molecular complexity index is 893. The maximum Gasteiger partial charge on any atom is 0.271 e. The fourth-order valence-electron chi connectivity index (χ4n) is 2.37. The summed E-state index contributed by atoms with van der Waals surface area (Å²) in [6.45, 7) is 1.30. The molecule has 5 nitrogen and oxygen atoms in total. The number of nitrogens with two attached hydrogens (primary N) is 1. The molecule has 0 aliphatic carbocycles. The topological polar surface area (TPSA) is 70.1 Å². The second-order valence-electron chi connectivity index (χ2n) is 5.59. The fraction of sp³-hybridized carbons (Fsp3) is 0.158. The summed E-state index contributed by atoms with van der Waals surface area (Å²) < 4.78 is 7.52. The van der Waals surface area contributed by atoms with Crippen LogP contribution in [0.5, 0.6) is 5.88 Å². The first-order valence-electron chi connectivity index (χ1n) is 7.87. The van der Waals surface area contributed by atoms with Crippen LogP contribution in [0.3, 0.4) is 0 Å². The van der Waals surface area contributed by atoms with Crippen LogP contribution < -0.4 is 16.0 Å². The van der Waals surface area contributed by atoms with Gasteiger partial charge in [0.25, 0.3) is 5.56 Å². The lowest BCUT2D eigenvalue weighted by molar-refractivity contribution is 0.289. The molecule has 0 aliphatic heterocycles. The highest BCUT2D eigenvalue weighted by Gasteiger charge is 2.11. The first kappa shape index (κ1) is 17.4. The minimum atomic E-state index is -0.180. The Morgan fingerprint density at radius 2 is 1.68 bits per heavy atom. The molecule has 0 fully saturated rings. The monoisotopic (exact) mass is 399 g/mol. The third-order valence-corrected chi connectivity index (χ3v) is 4.46. The molecule has 25 heavy (non-hydrogen) atoms. The minimum absolute atomic E-state index is 0.180. The Morgan fingerprint density at radius 1 is 1.00 bits per heavy atom. The molecule has 0 aliphatic rings. The van der Waals surface area contributed by atoms with Gasteiger partial charge < -0.3 is 10.5 Å². The predicted molar refractivity (Wildman–Crippen MR) is 100 cm³/mol. The molecule has 0 saturated carbocycles. The van der Waals surface area contributed by atoms with Gasteiger partial charge in [-0.25, -0.2) is 4.98 Å². The minimum Gasteiger partial charge on any atom is -0.472 e. The van der Waals surface area contributed by atoms with Crippen molar-refractivity contribution >= 4 is 15.9 Å². The Morgan fingerprint density at radius 3 is 2.36 bits per heavy atom. The summed E-state index contributed by atoms with van der Waals surface area (Å²) in [5.41, 5.74) is 8.49. The van der Waals surface area contributed by atoms with E-state index in [1.807, 2.05) is 54.6 Å². The number of nitrogens with zero attached hydrogens (tertiary/aromatic N) is 2. The Hall–Kier alpha value is -2.44. The van der Waals surface area contributed by atoms with Gasteiger partial charge in [-0.1, -0.05) is 54.6 Å². The lowest BCUT2D eigenvalue weighted by Crippen LogP contribution is -2.22. The van der Waals surface area contributed by atoms with E-state index in [2.05, 4.69) is 20.9 Å². The SMILES string of the molecule is NCc1ccc(Cn2cnc(OCc3ccccc3)c(Br)c2=O)cc1. The van der Waals surface area contributed by atoms with Crippen molar-refractivity contribution in [2.45, 2.75) is 19.7 Å². The van der Waals surface area contributed by atoms with Crippen LogP contribution in [0.2, 0.25) is 0 Å². The zero-order chi connectivity index (χ0) is 17.6. The molecular weight excluding hydrogens is 382 g/mol. The number of rotatable bonds is 6. The van der Waals surface area contributed by atoms with Crippen LogP contribution in [0.1, 0.15) is 16.7 Å². The molecule has 128 valence electrons. The Kier molecular flexibility index (Phi) is 5.63. The normalized spacial score (nSPS) is 10.6. The number of hydrogen-bond donors (Lipinski definition) is 1. The molecule has 0 radical (unpaired) electrons. The van der Waals surface area contributed by atoms with Crippen LogP contribution >= 0.6 is 15.9 Å². The molecule has 6 heteroatoms. The third kappa shape index (κ3) is 4.35. The van der Waals surface area contributed by atoms with E-state index in [1.54, 1.807) is 0 Å². The maximum atomic E-state index is 12.5. The smallest absolute Gasteiger partial charge is 0.271 e. The van der Waals surface area contributed by atoms with Crippen LogP contribution in [-0.2, 0) is 19.7 Å². The summed E-state index contributed by atoms with van der Waals surface area (Å²) >= 11 is 3.30. The van der Waals surface area contributed by atoms with E-state index in [9.17, 15) is 4.79 Å². The molecule has 0 bridgehead atoms. The zero-order valence-electron chi connectivity index (χ0n) is 13.6. The molecule has 3 rings (SSSR count). The molecule has 0 unspecified atom stereocenters. The van der Waals surface area contributed by atoms with Gasteiger partial charge in [0.2, 0.25) is 5.88 Å². The van der Waals surface area contributed by atoms with Crippen molar-refractivity contribution in [1.82, 2.24) is 9.55 Å². The average Bonchev–Trinajstić information content (AvgIpc) is 2.66. The first-order valence-corrected chi connectivity index (χ1v) is 8.66. The molecule has 1 aromatic heterocycles. The van der Waals surface area contributed by atoms with Gasteiger partial charge in [-0.05, 0) is 32.6 Å². The van der Waals surface area contributed by atoms with Gasteiger partial charge >= 0.3 is 0 Å². The molecule has 0 atom stereocenters. The van der Waals surface area contributed by atoms with Gasteiger partial charge in [-0.2, -0.15) is 0 Å². The van der Waals surface area contributed by atoms with Crippen molar-refractivity contribution in [2.75, 3.05) is 0 Å². The highest BCUT2D eigenvalue weighted by atomic mass is 79.9. The largest absolute Gasteiger partial charge is 0.472 e. The Balaban J connectivity index is 1.74. The lowest BCUT2D eigenvalue weighted by Gasteiger charge is -2.10. The van der Waals surface area contributed by atoms with Crippen molar-refractivity contribution in [3.63, 3.8) is 0 Å². The summed E-state index contributed by atoms with van der Waals surface area (Å²) in [6, 6.07) is 17.6. The summed E-state index contributed by atoms with van der Waals surface area (Å²) in [4.78, 5) is 16.8. The van der Waals surface area contributed by atoms with E-state index < -0.39 is 0 Å². The van der Waals surface area contributed by atoms with E-state index in [-0.39, 0.29) is 5.56 Å². The molecule has 0 amide bonds. The van der Waals surface area contributed by atoms with E-state index in [1.165, 1.54) is 10.9 Å². The van der Waals surface area contributed by atoms with Crippen molar-refractivity contribution in [2.24, 2.45) is 5.73 Å². The van der Waals surface area contributed by atoms with Crippen molar-refractivity contribution < 1.29 is 4.74 Å². The summed E-state index contributed by atoms with van der Waals surface area (Å²) in [5, 5.41) is 0. The van der Waals surface area contributed by atoms with Crippen LogP contribution in [0.15, 0.2) is 70.2 Å². The lowest BCUT2D eigenvalue weighted by atomic mass is 10.1.